The highest BCUT2D eigenvalue weighted by atomic mass is 16.5. The molecule has 38 heavy (non-hydrogen) atoms. The molecule has 12 nitrogen and oxygen atoms in total. The lowest BCUT2D eigenvalue weighted by molar-refractivity contribution is -0.132. The second kappa shape index (κ2) is 18.9. The first kappa shape index (κ1) is 32.8. The molecule has 4 amide bonds. The van der Waals surface area contributed by atoms with Gasteiger partial charge >= 0.3 is 6.09 Å². The maximum atomic E-state index is 12.8. The Kier molecular flexibility index (Phi) is 16.4. The molecule has 0 aliphatic rings. The van der Waals surface area contributed by atoms with Gasteiger partial charge in [0.05, 0.1) is 19.8 Å². The van der Waals surface area contributed by atoms with Gasteiger partial charge in [-0.3, -0.25) is 14.4 Å². The fourth-order valence-electron chi connectivity index (χ4n) is 3.09. The van der Waals surface area contributed by atoms with Crippen molar-refractivity contribution in [1.29, 1.82) is 0 Å². The fraction of sp³-hybridized carbons (Fsp3) is 0.615. The van der Waals surface area contributed by atoms with Crippen LogP contribution in [0.2, 0.25) is 0 Å². The number of benzene rings is 1. The van der Waals surface area contributed by atoms with Crippen LogP contribution in [0.25, 0.3) is 0 Å². The molecule has 0 radical (unpaired) electrons. The molecule has 1 unspecified atom stereocenters. The van der Waals surface area contributed by atoms with Gasteiger partial charge in [-0.1, -0.05) is 32.9 Å². The lowest BCUT2D eigenvalue weighted by atomic mass is 10.0. The number of anilines is 1. The summed E-state index contributed by atoms with van der Waals surface area (Å²) in [5.74, 6) is -1.38. The molecule has 0 bridgehead atoms. The van der Waals surface area contributed by atoms with Gasteiger partial charge in [0.1, 0.15) is 18.7 Å². The highest BCUT2D eigenvalue weighted by Crippen LogP contribution is 2.11. The Morgan fingerprint density at radius 3 is 2.16 bits per heavy atom. The van der Waals surface area contributed by atoms with E-state index in [4.69, 9.17) is 19.9 Å². The standard InChI is InChI=1S/C26H43N5O7/c1-5-13-36-15-16-37-14-10-22(32)31-23(18(2)3)25(34)29-19(4)24(33)30-21-8-6-20(7-9-21)17-38-26(35)28-12-11-27/h6-9,18-19,23H,5,10-17,27H2,1-4H3,(H,28,35)(H,29,34)(H,30,33)(H,31,32)/t19-,23?/m0/s1. The Bertz CT molecular complexity index is 864. The normalized spacial score (nSPS) is 12.4. The maximum Gasteiger partial charge on any atom is 0.407 e. The minimum atomic E-state index is -0.846. The van der Waals surface area contributed by atoms with Gasteiger partial charge in [0.25, 0.3) is 0 Å². The molecule has 0 spiro atoms. The van der Waals surface area contributed by atoms with E-state index in [0.717, 1.165) is 12.0 Å². The summed E-state index contributed by atoms with van der Waals surface area (Å²) >= 11 is 0. The summed E-state index contributed by atoms with van der Waals surface area (Å²) in [6, 6.07) is 5.10. The van der Waals surface area contributed by atoms with Gasteiger partial charge in [-0.05, 0) is 37.0 Å². The van der Waals surface area contributed by atoms with Gasteiger partial charge in [-0.15, -0.1) is 0 Å². The predicted molar refractivity (Wildman–Crippen MR) is 143 cm³/mol. The molecular weight excluding hydrogens is 494 g/mol. The maximum absolute atomic E-state index is 12.8. The molecule has 1 rings (SSSR count). The Balaban J connectivity index is 2.47. The van der Waals surface area contributed by atoms with Crippen molar-refractivity contribution in [3.8, 4) is 0 Å². The van der Waals surface area contributed by atoms with E-state index in [-0.39, 0.29) is 31.5 Å². The van der Waals surface area contributed by atoms with E-state index in [9.17, 15) is 19.2 Å². The van der Waals surface area contributed by atoms with Gasteiger partial charge in [0.15, 0.2) is 0 Å². The van der Waals surface area contributed by atoms with Crippen LogP contribution < -0.4 is 27.0 Å². The zero-order valence-electron chi connectivity index (χ0n) is 22.8. The molecule has 12 heteroatoms. The average Bonchev–Trinajstić information content (AvgIpc) is 2.89. The van der Waals surface area contributed by atoms with Gasteiger partial charge in [0.2, 0.25) is 17.7 Å². The number of ether oxygens (including phenoxy) is 3. The summed E-state index contributed by atoms with van der Waals surface area (Å²) in [7, 11) is 0. The summed E-state index contributed by atoms with van der Waals surface area (Å²) in [5, 5.41) is 10.6. The van der Waals surface area contributed by atoms with Crippen LogP contribution in [0.5, 0.6) is 0 Å². The second-order valence-electron chi connectivity index (χ2n) is 8.97. The highest BCUT2D eigenvalue weighted by Gasteiger charge is 2.27. The molecule has 0 aromatic heterocycles. The molecule has 214 valence electrons. The molecule has 0 saturated heterocycles. The Labute approximate surface area is 224 Å². The number of rotatable bonds is 18. The third kappa shape index (κ3) is 13.9. The number of nitrogens with one attached hydrogen (secondary N) is 4. The van der Waals surface area contributed by atoms with Crippen molar-refractivity contribution in [2.75, 3.05) is 44.8 Å². The van der Waals surface area contributed by atoms with E-state index in [1.165, 1.54) is 0 Å². The summed E-state index contributed by atoms with van der Waals surface area (Å²) in [6.07, 6.45) is 0.484. The van der Waals surface area contributed by atoms with Gasteiger partial charge < -0.3 is 41.2 Å². The largest absolute Gasteiger partial charge is 0.445 e. The molecule has 0 aliphatic heterocycles. The fourth-order valence-corrected chi connectivity index (χ4v) is 3.09. The van der Waals surface area contributed by atoms with E-state index in [1.807, 2.05) is 20.8 Å². The van der Waals surface area contributed by atoms with Crippen molar-refractivity contribution < 1.29 is 33.4 Å². The van der Waals surface area contributed by atoms with Crippen LogP contribution in [0, 0.1) is 5.92 Å². The third-order valence-electron chi connectivity index (χ3n) is 5.22. The van der Waals surface area contributed by atoms with Crippen molar-refractivity contribution >= 4 is 29.5 Å². The highest BCUT2D eigenvalue weighted by molar-refractivity contribution is 5.98. The molecule has 0 aliphatic carbocycles. The number of nitrogens with two attached hydrogens (primary N) is 1. The van der Waals surface area contributed by atoms with E-state index in [2.05, 4.69) is 21.3 Å². The zero-order valence-corrected chi connectivity index (χ0v) is 22.8. The van der Waals surface area contributed by atoms with Crippen molar-refractivity contribution in [2.24, 2.45) is 11.7 Å². The molecule has 1 aromatic rings. The molecular formula is C26H43N5O7. The molecule has 2 atom stereocenters. The first-order valence-corrected chi connectivity index (χ1v) is 12.9. The van der Waals surface area contributed by atoms with Gasteiger partial charge in [0, 0.05) is 31.8 Å². The number of amides is 4. The Morgan fingerprint density at radius 2 is 1.55 bits per heavy atom. The van der Waals surface area contributed by atoms with Crippen LogP contribution >= 0.6 is 0 Å². The van der Waals surface area contributed by atoms with Crippen molar-refractivity contribution in [3.63, 3.8) is 0 Å². The summed E-state index contributed by atoms with van der Waals surface area (Å²) < 4.78 is 15.8. The number of carbonyl (C=O) groups excluding carboxylic acids is 4. The van der Waals surface area contributed by atoms with Gasteiger partial charge in [-0.2, -0.15) is 0 Å². The summed E-state index contributed by atoms with van der Waals surface area (Å²) in [6.45, 7) is 9.68. The van der Waals surface area contributed by atoms with Crippen LogP contribution in [0.15, 0.2) is 24.3 Å². The average molecular weight is 538 g/mol. The van der Waals surface area contributed by atoms with Crippen LogP contribution in [0.3, 0.4) is 0 Å². The minimum absolute atomic E-state index is 0.0684. The Morgan fingerprint density at radius 1 is 0.895 bits per heavy atom. The van der Waals surface area contributed by atoms with E-state index in [1.54, 1.807) is 31.2 Å². The number of carbonyl (C=O) groups is 4. The first-order valence-electron chi connectivity index (χ1n) is 12.9. The van der Waals surface area contributed by atoms with Crippen molar-refractivity contribution in [3.05, 3.63) is 29.8 Å². The molecule has 1 aromatic carbocycles. The smallest absolute Gasteiger partial charge is 0.407 e. The van der Waals surface area contributed by atoms with Crippen LogP contribution in [0.4, 0.5) is 10.5 Å². The van der Waals surface area contributed by atoms with Crippen molar-refractivity contribution in [1.82, 2.24) is 16.0 Å². The van der Waals surface area contributed by atoms with Crippen LogP contribution in [-0.2, 0) is 35.2 Å². The molecule has 6 N–H and O–H groups in total. The van der Waals surface area contributed by atoms with E-state index in [0.29, 0.717) is 38.6 Å². The predicted octanol–water partition coefficient (Wildman–Crippen LogP) is 1.29. The molecule has 0 heterocycles. The SMILES string of the molecule is CCCOCCOCCC(=O)NC(C(=O)N[C@@H](C)C(=O)Nc1ccc(COC(=O)NCCN)cc1)C(C)C. The quantitative estimate of drug-likeness (QED) is 0.174. The third-order valence-corrected chi connectivity index (χ3v) is 5.22. The summed E-state index contributed by atoms with van der Waals surface area (Å²) in [4.78, 5) is 49.2. The number of hydrogen-bond donors (Lipinski definition) is 5. The zero-order chi connectivity index (χ0) is 28.3. The van der Waals surface area contributed by atoms with E-state index >= 15 is 0 Å². The number of alkyl carbamates (subject to hydrolysis) is 1. The lowest BCUT2D eigenvalue weighted by Crippen LogP contribution is -2.53. The van der Waals surface area contributed by atoms with E-state index < -0.39 is 30.0 Å². The second-order valence-corrected chi connectivity index (χ2v) is 8.97. The molecule has 0 saturated carbocycles. The monoisotopic (exact) mass is 537 g/mol. The minimum Gasteiger partial charge on any atom is -0.445 e. The lowest BCUT2D eigenvalue weighted by Gasteiger charge is -2.24. The van der Waals surface area contributed by atoms with Crippen molar-refractivity contribution in [2.45, 2.75) is 59.2 Å². The van der Waals surface area contributed by atoms with Crippen LogP contribution in [-0.4, -0.2) is 75.4 Å². The number of hydrogen-bond acceptors (Lipinski definition) is 8. The topological polar surface area (TPSA) is 170 Å². The van der Waals surface area contributed by atoms with Gasteiger partial charge in [-0.25, -0.2) is 4.79 Å². The Hall–Kier alpha value is -3.22. The van der Waals surface area contributed by atoms with Crippen LogP contribution in [0.1, 0.15) is 46.1 Å². The first-order chi connectivity index (χ1) is 18.2. The molecule has 0 fully saturated rings. The summed E-state index contributed by atoms with van der Waals surface area (Å²) in [5.41, 5.74) is 6.57.